The van der Waals surface area contributed by atoms with E-state index in [2.05, 4.69) is 63.8 Å². The lowest BCUT2D eigenvalue weighted by Gasteiger charge is -2.47. The van der Waals surface area contributed by atoms with E-state index in [0.29, 0.717) is 118 Å². The zero-order chi connectivity index (χ0) is 87.4. The van der Waals surface area contributed by atoms with Gasteiger partial charge < -0.3 is 48.2 Å². The third-order valence-electron chi connectivity index (χ3n) is 26.0. The van der Waals surface area contributed by atoms with E-state index in [1.807, 2.05) is 45.8 Å². The Labute approximate surface area is 737 Å². The first-order chi connectivity index (χ1) is 60.8. The summed E-state index contributed by atoms with van der Waals surface area (Å²) in [7, 11) is -9.91. The average molecular weight is 1800 g/mol. The minimum atomic E-state index is -4.96. The maximum Gasteiger partial charge on any atom is 0.309 e. The van der Waals surface area contributed by atoms with Crippen molar-refractivity contribution in [2.24, 2.45) is 10.8 Å². The standard InChI is InChI=1S/2C46H48ClFN6O8S/c47-34-6-2-30(3-7-34)39-26-46(14-1-15-46)16-12-33(39)28-52-18-20-53(21-19-52)35-8-10-38(40(25-35)62-37-24-32-13-17-49-44(32)50-27-37)45(55)51-63(58,59)41-11-5-31(43(42(41)48)54(56)57)4-9-36-29-60-22-23-61-36;47-34-5-2-30(3-6-34)39-26-46(12-1-13-46)14-10-33(39)28-52-16-18-53(19-17-52)35-7-9-38(42(24-35)62-37-22-32-11-15-49-44(32)50-27-37)45(55)51-63(58,59)43-25-41(54(56)57)31(23-40(43)48)4-8-36-29-60-20-21-61-36/h2-3,5-8,10-11,13,17,24-25,27,36H,1,4,9,12,14-16,18-23,26,28-29H2,(H,49,50)(H,51,55);2-3,5-7,9,11,15,22-25,27,36H,1,4,8,10,12-14,16-21,26,28-29H2,(H,49,50)(H,51,55)/t2*36-/m00/s1. The molecule has 0 bridgehead atoms. The van der Waals surface area contributed by atoms with Crippen molar-refractivity contribution in [2.75, 3.05) is 115 Å². The van der Waals surface area contributed by atoms with Gasteiger partial charge >= 0.3 is 5.69 Å². The highest BCUT2D eigenvalue weighted by atomic mass is 35.5. The number of carbonyl (C=O) groups excluding carboxylic acids is 2. The number of nitrogens with zero attached hydrogens (tertiary/aromatic N) is 8. The summed E-state index contributed by atoms with van der Waals surface area (Å²) in [6.07, 6.45) is 21.1. The van der Waals surface area contributed by atoms with E-state index >= 15 is 8.78 Å². The molecule has 8 aliphatic rings. The van der Waals surface area contributed by atoms with E-state index < -0.39 is 74.5 Å². The predicted molar refractivity (Wildman–Crippen MR) is 473 cm³/mol. The molecule has 2 atom stereocenters. The molecule has 8 heterocycles. The number of aromatic amines is 2. The topological polar surface area (TPSA) is 338 Å². The van der Waals surface area contributed by atoms with Crippen LogP contribution in [0.1, 0.15) is 133 Å². The van der Waals surface area contributed by atoms with Crippen molar-refractivity contribution in [2.45, 2.75) is 125 Å². The summed E-state index contributed by atoms with van der Waals surface area (Å²) in [5.41, 5.74) is 10.1. The fourth-order valence-corrected chi connectivity index (χ4v) is 21.0. The Bertz CT molecular complexity index is 5780. The maximum absolute atomic E-state index is 15.9. The van der Waals surface area contributed by atoms with Gasteiger partial charge in [0.1, 0.15) is 49.9 Å². The van der Waals surface area contributed by atoms with Crippen LogP contribution in [0, 0.1) is 42.7 Å². The lowest BCUT2D eigenvalue weighted by molar-refractivity contribution is -0.388. The lowest BCUT2D eigenvalue weighted by atomic mass is 9.59. The Balaban J connectivity index is 0.000000178. The highest BCUT2D eigenvalue weighted by molar-refractivity contribution is 7.90. The van der Waals surface area contributed by atoms with Crippen LogP contribution in [0.3, 0.4) is 0 Å². The number of benzene rings is 6. The number of rotatable bonds is 26. The van der Waals surface area contributed by atoms with Gasteiger partial charge in [0.2, 0.25) is 5.82 Å². The normalized spacial score (nSPS) is 19.3. The van der Waals surface area contributed by atoms with Crippen molar-refractivity contribution >= 4 is 111 Å². The number of carbonyl (C=O) groups is 2. The number of nitro benzene ring substituents is 2. The third-order valence-corrected chi connectivity index (χ3v) is 29.2. The second-order valence-electron chi connectivity index (χ2n) is 33.9. The molecule has 2 amide bonds. The molecule has 4 aliphatic carbocycles. The number of ether oxygens (including phenoxy) is 6. The summed E-state index contributed by atoms with van der Waals surface area (Å²) in [5, 5.41) is 27.1. The lowest BCUT2D eigenvalue weighted by Crippen LogP contribution is -2.47. The first-order valence-electron chi connectivity index (χ1n) is 42.7. The molecule has 0 radical (unpaired) electrons. The van der Waals surface area contributed by atoms with Crippen LogP contribution in [0.4, 0.5) is 31.5 Å². The summed E-state index contributed by atoms with van der Waals surface area (Å²) < 4.78 is 124. The molecule has 4 aromatic heterocycles. The summed E-state index contributed by atoms with van der Waals surface area (Å²) in [6, 6.07) is 36.9. The molecule has 2 saturated carbocycles. The Hall–Kier alpha value is -10.8. The van der Waals surface area contributed by atoms with Crippen LogP contribution in [0.5, 0.6) is 23.0 Å². The molecule has 6 fully saturated rings. The Morgan fingerprint density at radius 1 is 0.540 bits per heavy atom. The molecule has 34 heteroatoms. The van der Waals surface area contributed by atoms with Gasteiger partial charge in [-0.2, -0.15) is 4.39 Å². The highest BCUT2D eigenvalue weighted by Gasteiger charge is 2.44. The van der Waals surface area contributed by atoms with Crippen molar-refractivity contribution in [3.63, 3.8) is 0 Å². The minimum absolute atomic E-state index is 0.00677. The quantitative estimate of drug-likeness (QED) is 0.0289. The van der Waals surface area contributed by atoms with Gasteiger partial charge in [-0.15, -0.1) is 0 Å². The number of sulfonamides is 2. The molecule has 4 aliphatic heterocycles. The van der Waals surface area contributed by atoms with Crippen molar-refractivity contribution in [1.29, 1.82) is 0 Å². The van der Waals surface area contributed by atoms with Crippen molar-refractivity contribution in [1.82, 2.24) is 39.2 Å². The summed E-state index contributed by atoms with van der Waals surface area (Å²) >= 11 is 12.5. The number of aryl methyl sites for hydroxylation is 2. The van der Waals surface area contributed by atoms with Crippen LogP contribution in [0.25, 0.3) is 33.2 Å². The van der Waals surface area contributed by atoms with Crippen LogP contribution in [0.2, 0.25) is 10.0 Å². The van der Waals surface area contributed by atoms with E-state index in [9.17, 15) is 46.7 Å². The molecule has 2 spiro atoms. The van der Waals surface area contributed by atoms with Crippen LogP contribution in [0.15, 0.2) is 179 Å². The molecule has 126 heavy (non-hydrogen) atoms. The molecule has 4 saturated heterocycles. The van der Waals surface area contributed by atoms with Crippen LogP contribution < -0.4 is 28.7 Å². The first-order valence-corrected chi connectivity index (χ1v) is 46.4. The number of nitro groups is 2. The number of aromatic nitrogens is 4. The third kappa shape index (κ3) is 19.8. The second kappa shape index (κ2) is 37.6. The second-order valence-corrected chi connectivity index (χ2v) is 38.1. The van der Waals surface area contributed by atoms with Gasteiger partial charge in [-0.05, 0) is 208 Å². The number of nitrogens with one attached hydrogen (secondary N) is 4. The van der Waals surface area contributed by atoms with Crippen LogP contribution in [-0.4, -0.2) is 186 Å². The van der Waals surface area contributed by atoms with Crippen molar-refractivity contribution < 1.29 is 73.5 Å². The number of halogens is 4. The largest absolute Gasteiger partial charge is 0.455 e. The van der Waals surface area contributed by atoms with E-state index in [1.165, 1.54) is 115 Å². The number of hydrogen-bond donors (Lipinski definition) is 4. The number of amides is 2. The van der Waals surface area contributed by atoms with Crippen LogP contribution in [-0.2, 0) is 51.8 Å². The Morgan fingerprint density at radius 2 is 1.00 bits per heavy atom. The van der Waals surface area contributed by atoms with E-state index in [4.69, 9.17) is 51.6 Å². The monoisotopic (exact) mass is 1800 g/mol. The number of hydrogen-bond acceptors (Lipinski definition) is 22. The highest BCUT2D eigenvalue weighted by Crippen LogP contribution is 2.57. The molecule has 18 rings (SSSR count). The van der Waals surface area contributed by atoms with Crippen LogP contribution >= 0.6 is 23.2 Å². The van der Waals surface area contributed by atoms with E-state index in [-0.39, 0.29) is 58.8 Å². The first kappa shape index (κ1) is 87.3. The molecule has 4 N–H and O–H groups in total. The summed E-state index contributed by atoms with van der Waals surface area (Å²) in [4.78, 5) is 72.4. The zero-order valence-corrected chi connectivity index (χ0v) is 72.4. The van der Waals surface area contributed by atoms with Gasteiger partial charge in [0.25, 0.3) is 37.5 Å². The molecule has 6 aromatic carbocycles. The fraction of sp³-hybridized carbons (Fsp3) is 0.391. The van der Waals surface area contributed by atoms with E-state index in [1.54, 1.807) is 48.8 Å². The van der Waals surface area contributed by atoms with E-state index in [0.717, 1.165) is 109 Å². The molecule has 10 aromatic rings. The summed E-state index contributed by atoms with van der Waals surface area (Å²) in [5.74, 6) is -4.36. The number of piperazine rings is 2. The number of allylic oxidation sites excluding steroid dienone is 2. The van der Waals surface area contributed by atoms with Crippen molar-refractivity contribution in [3.05, 3.63) is 245 Å². The zero-order valence-electron chi connectivity index (χ0n) is 69.2. The summed E-state index contributed by atoms with van der Waals surface area (Å²) in [6.45, 7) is 9.94. The molecule has 660 valence electrons. The molecule has 0 unspecified atom stereocenters. The van der Waals surface area contributed by atoms with Gasteiger partial charge in [0, 0.05) is 139 Å². The minimum Gasteiger partial charge on any atom is -0.455 e. The Kier molecular flexibility index (Phi) is 26.1. The number of H-pyrrole nitrogens is 2. The number of fused-ring (bicyclic) bond motifs is 2. The van der Waals surface area contributed by atoms with Crippen molar-refractivity contribution in [3.8, 4) is 23.0 Å². The van der Waals surface area contributed by atoms with Gasteiger partial charge in [-0.3, -0.25) is 39.6 Å². The maximum atomic E-state index is 15.9. The average Bonchev–Trinajstić information content (AvgIpc) is 0.871. The molecular weight excluding hydrogens is 1700 g/mol. The number of anilines is 2. The molecule has 28 nitrogen and oxygen atoms in total. The van der Waals surface area contributed by atoms with Gasteiger partial charge in [0.05, 0.1) is 85.2 Å². The predicted octanol–water partition coefficient (Wildman–Crippen LogP) is 16.9. The fourth-order valence-electron chi connectivity index (χ4n) is 18.7. The molecular formula is C92H96Cl2F2N12O16S2. The van der Waals surface area contributed by atoms with Gasteiger partial charge in [-0.1, -0.05) is 77.5 Å². The van der Waals surface area contributed by atoms with Gasteiger partial charge in [-0.25, -0.2) is 40.6 Å². The SMILES string of the molecule is O=C(NS(=O)(=O)c1cc([N+](=O)[O-])c(CC[C@H]2COCCO2)cc1F)c1ccc(N2CCN(CC3=C(c4ccc(Cl)cc4)CC4(CCC4)CC3)CC2)cc1Oc1cnc2[nH]ccc2c1.O=C(NS(=O)(=O)c1ccc(CC[C@H]2COCCO2)c([N+](=O)[O-])c1F)c1ccc(N2CCN(CC3=C(c4ccc(Cl)cc4)CC4(CCC4)CC3)CC2)cc1Oc1cnc2[nH]ccc2c1. The number of pyridine rings is 2. The van der Waals surface area contributed by atoms with Gasteiger partial charge in [0.15, 0.2) is 0 Å². The smallest absolute Gasteiger partial charge is 0.309 e. The Morgan fingerprint density at radius 3 is 1.43 bits per heavy atom.